The number of carbonyl (C=O) groups is 1. The largest absolute Gasteiger partial charge is 0.508 e. The lowest BCUT2D eigenvalue weighted by atomic mass is 9.89. The maximum absolute atomic E-state index is 11.3. The van der Waals surface area contributed by atoms with Crippen molar-refractivity contribution in [1.29, 1.82) is 0 Å². The summed E-state index contributed by atoms with van der Waals surface area (Å²) in [5, 5.41) is 19.6. The molecule has 0 amide bonds. The Bertz CT molecular complexity index is 596. The summed E-state index contributed by atoms with van der Waals surface area (Å²) < 4.78 is 1.81. The Hall–Kier alpha value is -1.97. The first kappa shape index (κ1) is 11.5. The van der Waals surface area contributed by atoms with Gasteiger partial charge in [0.2, 0.25) is 0 Å². The van der Waals surface area contributed by atoms with E-state index in [4.69, 9.17) is 0 Å². The molecule has 0 unspecified atom stereocenters. The monoisotopic (exact) mass is 233 g/mol. The van der Waals surface area contributed by atoms with E-state index in [2.05, 4.69) is 0 Å². The molecule has 2 rings (SSSR count). The van der Waals surface area contributed by atoms with Gasteiger partial charge in [0.25, 0.3) is 0 Å². The van der Waals surface area contributed by atoms with Crippen LogP contribution >= 0.6 is 0 Å². The number of hydrogen-bond donors (Lipinski definition) is 2. The summed E-state index contributed by atoms with van der Waals surface area (Å²) >= 11 is 0. The van der Waals surface area contributed by atoms with Crippen LogP contribution in [0.4, 0.5) is 0 Å². The number of nitrogens with zero attached hydrogens (tertiary/aromatic N) is 1. The minimum absolute atomic E-state index is 0.179. The van der Waals surface area contributed by atoms with E-state index in [1.807, 2.05) is 17.7 Å². The fraction of sp³-hybridized carbons (Fsp3) is 0.308. The molecule has 17 heavy (non-hydrogen) atoms. The maximum atomic E-state index is 11.3. The first-order chi connectivity index (χ1) is 7.84. The molecule has 0 fully saturated rings. The maximum Gasteiger partial charge on any atom is 0.315 e. The van der Waals surface area contributed by atoms with E-state index < -0.39 is 11.4 Å². The zero-order valence-corrected chi connectivity index (χ0v) is 10.1. The molecule has 0 spiro atoms. The van der Waals surface area contributed by atoms with Crippen LogP contribution in [0.5, 0.6) is 5.75 Å². The molecule has 0 bridgehead atoms. The molecule has 1 aromatic heterocycles. The van der Waals surface area contributed by atoms with Gasteiger partial charge < -0.3 is 14.8 Å². The van der Waals surface area contributed by atoms with Crippen LogP contribution in [0, 0.1) is 0 Å². The number of hydrogen-bond acceptors (Lipinski definition) is 2. The smallest absolute Gasteiger partial charge is 0.315 e. The molecule has 0 saturated carbocycles. The Labute approximate surface area is 99.1 Å². The van der Waals surface area contributed by atoms with Crippen molar-refractivity contribution in [3.05, 3.63) is 30.0 Å². The predicted molar refractivity (Wildman–Crippen MR) is 65.2 cm³/mol. The number of carboxylic acids is 1. The standard InChI is InChI=1S/C13H15NO3/c1-13(2,12(16)17)11-6-8-4-5-9(15)7-10(8)14(11)3/h4-7,15H,1-3H3,(H,16,17). The van der Waals surface area contributed by atoms with Crippen molar-refractivity contribution in [1.82, 2.24) is 4.57 Å². The fourth-order valence-electron chi connectivity index (χ4n) is 2.03. The van der Waals surface area contributed by atoms with E-state index in [1.54, 1.807) is 32.0 Å². The van der Waals surface area contributed by atoms with Gasteiger partial charge in [0.1, 0.15) is 11.2 Å². The lowest BCUT2D eigenvalue weighted by Gasteiger charge is -2.20. The van der Waals surface area contributed by atoms with Gasteiger partial charge in [-0.3, -0.25) is 4.79 Å². The van der Waals surface area contributed by atoms with Crippen LogP contribution in [-0.4, -0.2) is 20.7 Å². The minimum atomic E-state index is -0.955. The van der Waals surface area contributed by atoms with E-state index in [9.17, 15) is 15.0 Å². The Balaban J connectivity index is 2.72. The summed E-state index contributed by atoms with van der Waals surface area (Å²) in [6, 6.07) is 6.87. The van der Waals surface area contributed by atoms with Crippen molar-refractivity contribution in [2.24, 2.45) is 7.05 Å². The molecule has 4 nitrogen and oxygen atoms in total. The van der Waals surface area contributed by atoms with E-state index in [0.29, 0.717) is 5.69 Å². The second-order valence-electron chi connectivity index (χ2n) is 4.76. The molecular weight excluding hydrogens is 218 g/mol. The Morgan fingerprint density at radius 3 is 2.53 bits per heavy atom. The normalized spacial score (nSPS) is 11.9. The quantitative estimate of drug-likeness (QED) is 0.836. The summed E-state index contributed by atoms with van der Waals surface area (Å²) in [6.45, 7) is 3.34. The van der Waals surface area contributed by atoms with E-state index >= 15 is 0 Å². The van der Waals surface area contributed by atoms with Crippen molar-refractivity contribution in [3.8, 4) is 5.75 Å². The molecule has 2 N–H and O–H groups in total. The lowest BCUT2D eigenvalue weighted by molar-refractivity contribution is -0.142. The van der Waals surface area contributed by atoms with E-state index in [-0.39, 0.29) is 5.75 Å². The third-order valence-corrected chi connectivity index (χ3v) is 3.20. The van der Waals surface area contributed by atoms with Gasteiger partial charge in [-0.25, -0.2) is 0 Å². The van der Waals surface area contributed by atoms with Gasteiger partial charge in [-0.1, -0.05) is 0 Å². The molecule has 4 heteroatoms. The fourth-order valence-corrected chi connectivity index (χ4v) is 2.03. The van der Waals surface area contributed by atoms with Crippen molar-refractivity contribution in [2.45, 2.75) is 19.3 Å². The molecule has 0 aliphatic carbocycles. The number of rotatable bonds is 2. The Kier molecular flexibility index (Phi) is 2.38. The number of aromatic nitrogens is 1. The minimum Gasteiger partial charge on any atom is -0.508 e. The zero-order valence-electron chi connectivity index (χ0n) is 10.1. The number of benzene rings is 1. The molecular formula is C13H15NO3. The van der Waals surface area contributed by atoms with Crippen LogP contribution in [0.25, 0.3) is 10.9 Å². The second-order valence-corrected chi connectivity index (χ2v) is 4.76. The van der Waals surface area contributed by atoms with Gasteiger partial charge in [0, 0.05) is 24.2 Å². The molecule has 0 aliphatic rings. The van der Waals surface area contributed by atoms with Crippen LogP contribution in [-0.2, 0) is 17.3 Å². The average Bonchev–Trinajstić information content (AvgIpc) is 2.56. The number of aryl methyl sites for hydroxylation is 1. The van der Waals surface area contributed by atoms with Crippen LogP contribution in [0.15, 0.2) is 24.3 Å². The topological polar surface area (TPSA) is 62.5 Å². The van der Waals surface area contributed by atoms with E-state index in [1.165, 1.54) is 0 Å². The summed E-state index contributed by atoms with van der Waals surface area (Å²) in [5.41, 5.74) is 0.587. The van der Waals surface area contributed by atoms with Gasteiger partial charge in [0.05, 0.1) is 5.52 Å². The highest BCUT2D eigenvalue weighted by Gasteiger charge is 2.32. The van der Waals surface area contributed by atoms with E-state index in [0.717, 1.165) is 10.9 Å². The van der Waals surface area contributed by atoms with Gasteiger partial charge in [-0.05, 0) is 32.0 Å². The van der Waals surface area contributed by atoms with Crippen molar-refractivity contribution in [3.63, 3.8) is 0 Å². The number of phenols is 1. The first-order valence-electron chi connectivity index (χ1n) is 5.36. The van der Waals surface area contributed by atoms with Crippen LogP contribution in [0.1, 0.15) is 19.5 Å². The highest BCUT2D eigenvalue weighted by Crippen LogP contribution is 2.30. The first-order valence-corrected chi connectivity index (χ1v) is 5.36. The molecule has 90 valence electrons. The highest BCUT2D eigenvalue weighted by atomic mass is 16.4. The van der Waals surface area contributed by atoms with Gasteiger partial charge in [0.15, 0.2) is 0 Å². The summed E-state index contributed by atoms with van der Waals surface area (Å²) in [4.78, 5) is 11.3. The molecule has 1 aromatic carbocycles. The van der Waals surface area contributed by atoms with Crippen LogP contribution < -0.4 is 0 Å². The SMILES string of the molecule is Cn1c(C(C)(C)C(=O)O)cc2ccc(O)cc21. The number of carboxylic acid groups (broad SMARTS) is 1. The van der Waals surface area contributed by atoms with Gasteiger partial charge in [-0.2, -0.15) is 0 Å². The van der Waals surface area contributed by atoms with Crippen molar-refractivity contribution < 1.29 is 15.0 Å². The third kappa shape index (κ3) is 1.65. The Morgan fingerprint density at radius 2 is 1.94 bits per heavy atom. The molecule has 0 radical (unpaired) electrons. The third-order valence-electron chi connectivity index (χ3n) is 3.20. The van der Waals surface area contributed by atoms with Crippen molar-refractivity contribution >= 4 is 16.9 Å². The number of phenolic OH excluding ortho intramolecular Hbond substituents is 1. The number of aromatic hydroxyl groups is 1. The number of aliphatic carboxylic acids is 1. The summed E-state index contributed by atoms with van der Waals surface area (Å²) in [7, 11) is 1.81. The number of fused-ring (bicyclic) bond motifs is 1. The lowest BCUT2D eigenvalue weighted by Crippen LogP contribution is -2.30. The Morgan fingerprint density at radius 1 is 1.29 bits per heavy atom. The summed E-state index contributed by atoms with van der Waals surface area (Å²) in [6.07, 6.45) is 0. The van der Waals surface area contributed by atoms with Gasteiger partial charge >= 0.3 is 5.97 Å². The molecule has 2 aromatic rings. The molecule has 0 aliphatic heterocycles. The summed E-state index contributed by atoms with van der Waals surface area (Å²) in [5.74, 6) is -0.689. The second kappa shape index (κ2) is 3.52. The predicted octanol–water partition coefficient (Wildman–Crippen LogP) is 2.25. The highest BCUT2D eigenvalue weighted by molar-refractivity contribution is 5.87. The van der Waals surface area contributed by atoms with Crippen LogP contribution in [0.2, 0.25) is 0 Å². The van der Waals surface area contributed by atoms with Gasteiger partial charge in [-0.15, -0.1) is 0 Å². The zero-order chi connectivity index (χ0) is 12.8. The van der Waals surface area contributed by atoms with Crippen molar-refractivity contribution in [2.75, 3.05) is 0 Å². The average molecular weight is 233 g/mol. The van der Waals surface area contributed by atoms with Crippen LogP contribution in [0.3, 0.4) is 0 Å². The molecule has 1 heterocycles. The molecule has 0 saturated heterocycles. The molecule has 0 atom stereocenters.